The Kier molecular flexibility index (Phi) is 4.83. The van der Waals surface area contributed by atoms with Crippen LogP contribution in [0.25, 0.3) is 5.69 Å². The van der Waals surface area contributed by atoms with Gasteiger partial charge in [0, 0.05) is 12.1 Å². The predicted molar refractivity (Wildman–Crippen MR) is 130 cm³/mol. The number of rotatable bonds is 5. The second-order valence-electron chi connectivity index (χ2n) is 8.48. The Bertz CT molecular complexity index is 1420. The van der Waals surface area contributed by atoms with Crippen LogP contribution in [-0.4, -0.2) is 31.4 Å². The molecule has 2 unspecified atom stereocenters. The van der Waals surface area contributed by atoms with Crippen molar-refractivity contribution in [3.8, 4) is 5.69 Å². The predicted octanol–water partition coefficient (Wildman–Crippen LogP) is 5.67. The molecule has 34 heavy (non-hydrogen) atoms. The number of aliphatic imine (C=N–C) groups is 1. The third kappa shape index (κ3) is 3.24. The molecule has 0 amide bonds. The van der Waals surface area contributed by atoms with Gasteiger partial charge in [0.05, 0.1) is 39.7 Å². The first-order chi connectivity index (χ1) is 16.5. The molecular formula is C26H20ClN5O2. The van der Waals surface area contributed by atoms with Crippen LogP contribution in [0.15, 0.2) is 89.9 Å². The maximum absolute atomic E-state index is 11.1. The molecule has 1 fully saturated rings. The van der Waals surface area contributed by atoms with Crippen LogP contribution in [0.3, 0.4) is 0 Å². The van der Waals surface area contributed by atoms with Crippen molar-refractivity contribution in [1.29, 1.82) is 0 Å². The number of hydrogen-bond donors (Lipinski definition) is 0. The molecule has 3 heterocycles. The number of para-hydroxylation sites is 1. The zero-order valence-corrected chi connectivity index (χ0v) is 19.0. The van der Waals surface area contributed by atoms with Gasteiger partial charge in [-0.25, -0.2) is 4.68 Å². The normalized spacial score (nSPS) is 22.8. The van der Waals surface area contributed by atoms with E-state index in [1.165, 1.54) is 0 Å². The number of aromatic nitrogens is 2. The molecule has 1 saturated heterocycles. The fourth-order valence-corrected chi connectivity index (χ4v) is 5.25. The lowest BCUT2D eigenvalue weighted by Crippen LogP contribution is -2.09. The molecule has 8 heteroatoms. The average molecular weight is 470 g/mol. The minimum atomic E-state index is -0.376. The molecule has 0 saturated carbocycles. The lowest BCUT2D eigenvalue weighted by atomic mass is 10.0. The number of nitro groups is 1. The van der Waals surface area contributed by atoms with Crippen LogP contribution in [0.5, 0.6) is 0 Å². The molecular weight excluding hydrogens is 450 g/mol. The Morgan fingerprint density at radius 2 is 1.56 bits per heavy atom. The number of benzene rings is 3. The number of non-ortho nitro benzene ring substituents is 1. The number of nitro benzene ring substituents is 1. The summed E-state index contributed by atoms with van der Waals surface area (Å²) < 4.78 is 1.75. The van der Waals surface area contributed by atoms with E-state index in [9.17, 15) is 10.1 Å². The van der Waals surface area contributed by atoms with Crippen molar-refractivity contribution in [2.75, 3.05) is 0 Å². The summed E-state index contributed by atoms with van der Waals surface area (Å²) in [5, 5.41) is 16.4. The molecule has 4 aromatic rings. The number of hydrogen-bond acceptors (Lipinski definition) is 5. The molecule has 168 valence electrons. The van der Waals surface area contributed by atoms with Gasteiger partial charge in [0.2, 0.25) is 0 Å². The van der Waals surface area contributed by atoms with Gasteiger partial charge < -0.3 is 0 Å². The van der Waals surface area contributed by atoms with Gasteiger partial charge in [0.25, 0.3) is 5.69 Å². The fourth-order valence-electron chi connectivity index (χ4n) is 4.88. The quantitative estimate of drug-likeness (QED) is 0.214. The SMILES string of the molecule is Cc1nn(-c2ccccc2)c(Cl)c1[C@@H]1N=C(c2ccccc2)[C@@H]2C(c3ccc([N+](=O)[O-])cc3)N21. The number of aryl methyl sites for hydroxylation is 1. The Labute approximate surface area is 201 Å². The van der Waals surface area contributed by atoms with Gasteiger partial charge in [-0.2, -0.15) is 5.10 Å². The number of nitrogens with zero attached hydrogens (tertiary/aromatic N) is 5. The molecule has 0 radical (unpaired) electrons. The summed E-state index contributed by atoms with van der Waals surface area (Å²) in [6, 6.07) is 26.8. The van der Waals surface area contributed by atoms with Crippen molar-refractivity contribution in [3.05, 3.63) is 123 Å². The Morgan fingerprint density at radius 3 is 2.21 bits per heavy atom. The van der Waals surface area contributed by atoms with Crippen molar-refractivity contribution < 1.29 is 4.92 Å². The first kappa shape index (κ1) is 20.8. The topological polar surface area (TPSA) is 76.3 Å². The largest absolute Gasteiger partial charge is 0.269 e. The van der Waals surface area contributed by atoms with E-state index in [4.69, 9.17) is 21.7 Å². The third-order valence-corrected chi connectivity index (χ3v) is 6.86. The molecule has 0 bridgehead atoms. The first-order valence-corrected chi connectivity index (χ1v) is 11.4. The molecule has 7 nitrogen and oxygen atoms in total. The molecule has 3 aromatic carbocycles. The summed E-state index contributed by atoms with van der Waals surface area (Å²) in [6.45, 7) is 1.95. The second kappa shape index (κ2) is 7.90. The second-order valence-corrected chi connectivity index (χ2v) is 8.83. The lowest BCUT2D eigenvalue weighted by Gasteiger charge is -2.14. The van der Waals surface area contributed by atoms with Crippen LogP contribution < -0.4 is 0 Å². The molecule has 0 N–H and O–H groups in total. The van der Waals surface area contributed by atoms with Crippen LogP contribution in [0.4, 0.5) is 5.69 Å². The monoisotopic (exact) mass is 469 g/mol. The summed E-state index contributed by atoms with van der Waals surface area (Å²) in [4.78, 5) is 18.1. The Balaban J connectivity index is 1.43. The van der Waals surface area contributed by atoms with E-state index in [1.54, 1.807) is 16.8 Å². The van der Waals surface area contributed by atoms with Crippen molar-refractivity contribution in [2.24, 2.45) is 4.99 Å². The smallest absolute Gasteiger partial charge is 0.263 e. The first-order valence-electron chi connectivity index (χ1n) is 11.0. The van der Waals surface area contributed by atoms with E-state index in [0.717, 1.165) is 33.8 Å². The Morgan fingerprint density at radius 1 is 0.912 bits per heavy atom. The molecule has 4 atom stereocenters. The summed E-state index contributed by atoms with van der Waals surface area (Å²) in [6.07, 6.45) is -0.287. The van der Waals surface area contributed by atoms with Crippen LogP contribution in [0.1, 0.15) is 34.6 Å². The minimum Gasteiger partial charge on any atom is -0.263 e. The molecule has 6 rings (SSSR count). The van der Waals surface area contributed by atoms with Crippen molar-refractivity contribution in [3.63, 3.8) is 0 Å². The number of halogens is 1. The molecule has 2 aliphatic heterocycles. The van der Waals surface area contributed by atoms with E-state index in [-0.39, 0.29) is 28.9 Å². The maximum atomic E-state index is 11.1. The molecule has 0 spiro atoms. The van der Waals surface area contributed by atoms with Crippen LogP contribution in [-0.2, 0) is 0 Å². The standard InChI is InChI=1S/C26H20ClN5O2/c1-16-21(25(27)31(29-16)19-10-6-3-7-11-19)26-28-22(17-8-4-2-5-9-17)24-23(30(24)26)18-12-14-20(15-13-18)32(33)34/h2-15,23-24,26H,1H3/t23?,24-,26-,30?/m1/s1. The van der Waals surface area contributed by atoms with Gasteiger partial charge in [-0.3, -0.25) is 20.0 Å². The van der Waals surface area contributed by atoms with Crippen LogP contribution in [0, 0.1) is 17.0 Å². The third-order valence-electron chi connectivity index (χ3n) is 6.50. The maximum Gasteiger partial charge on any atom is 0.269 e. The highest BCUT2D eigenvalue weighted by atomic mass is 35.5. The fraction of sp³-hybridized carbons (Fsp3) is 0.154. The summed E-state index contributed by atoms with van der Waals surface area (Å²) >= 11 is 6.90. The van der Waals surface area contributed by atoms with E-state index < -0.39 is 0 Å². The van der Waals surface area contributed by atoms with E-state index in [2.05, 4.69) is 17.0 Å². The van der Waals surface area contributed by atoms with Gasteiger partial charge in [-0.1, -0.05) is 72.3 Å². The number of fused-ring (bicyclic) bond motifs is 1. The highest BCUT2D eigenvalue weighted by molar-refractivity contribution is 6.30. The molecule has 0 aliphatic carbocycles. The van der Waals surface area contributed by atoms with E-state index in [0.29, 0.717) is 5.15 Å². The van der Waals surface area contributed by atoms with Gasteiger partial charge >= 0.3 is 0 Å². The van der Waals surface area contributed by atoms with Crippen LogP contribution in [0.2, 0.25) is 5.15 Å². The minimum absolute atomic E-state index is 0.0639. The van der Waals surface area contributed by atoms with Gasteiger partial charge in [-0.05, 0) is 30.2 Å². The van der Waals surface area contributed by atoms with E-state index >= 15 is 0 Å². The summed E-state index contributed by atoms with van der Waals surface area (Å²) in [5.41, 5.74) is 5.76. The highest BCUT2D eigenvalue weighted by Gasteiger charge is 2.60. The zero-order valence-electron chi connectivity index (χ0n) is 18.2. The van der Waals surface area contributed by atoms with Gasteiger partial charge in [-0.15, -0.1) is 0 Å². The molecule has 1 aromatic heterocycles. The average Bonchev–Trinajstić information content (AvgIpc) is 3.37. The van der Waals surface area contributed by atoms with Crippen LogP contribution >= 0.6 is 11.6 Å². The van der Waals surface area contributed by atoms with Crippen molar-refractivity contribution in [1.82, 2.24) is 14.7 Å². The zero-order chi connectivity index (χ0) is 23.4. The summed E-state index contributed by atoms with van der Waals surface area (Å²) in [7, 11) is 0. The highest BCUT2D eigenvalue weighted by Crippen LogP contribution is 2.57. The van der Waals surface area contributed by atoms with Gasteiger partial charge in [0.1, 0.15) is 11.3 Å². The Hall–Kier alpha value is -3.81. The van der Waals surface area contributed by atoms with Gasteiger partial charge in [0.15, 0.2) is 0 Å². The lowest BCUT2D eigenvalue weighted by molar-refractivity contribution is -0.384. The summed E-state index contributed by atoms with van der Waals surface area (Å²) in [5.74, 6) is 0. The van der Waals surface area contributed by atoms with E-state index in [1.807, 2.05) is 67.6 Å². The van der Waals surface area contributed by atoms with Crippen molar-refractivity contribution in [2.45, 2.75) is 25.2 Å². The van der Waals surface area contributed by atoms with Crippen molar-refractivity contribution >= 4 is 23.0 Å². The molecule has 2 aliphatic rings.